The lowest BCUT2D eigenvalue weighted by molar-refractivity contribution is 0.0939. The number of rotatable bonds is 3. The zero-order valence-electron chi connectivity index (χ0n) is 11.2. The van der Waals surface area contributed by atoms with Crippen molar-refractivity contribution in [3.05, 3.63) is 70.8 Å². The molecular weight excluding hydrogens is 274 g/mol. The lowest BCUT2D eigenvalue weighted by Crippen LogP contribution is -2.26. The molecule has 0 aliphatic carbocycles. The summed E-state index contributed by atoms with van der Waals surface area (Å²) in [4.78, 5) is 12.0. The third-order valence-corrected chi connectivity index (χ3v) is 3.01. The molecule has 1 atom stereocenters. The van der Waals surface area contributed by atoms with Gasteiger partial charge in [-0.3, -0.25) is 4.79 Å². The van der Waals surface area contributed by atoms with Crippen molar-refractivity contribution < 1.29 is 13.6 Å². The van der Waals surface area contributed by atoms with E-state index in [4.69, 9.17) is 5.26 Å². The summed E-state index contributed by atoms with van der Waals surface area (Å²) in [5.41, 5.74) is 1.23. The molecule has 2 aromatic rings. The summed E-state index contributed by atoms with van der Waals surface area (Å²) in [5, 5.41) is 11.4. The van der Waals surface area contributed by atoms with Crippen molar-refractivity contribution in [3.8, 4) is 6.07 Å². The van der Waals surface area contributed by atoms with Crippen molar-refractivity contribution >= 4 is 5.91 Å². The molecule has 3 nitrogen and oxygen atoms in total. The summed E-state index contributed by atoms with van der Waals surface area (Å²) >= 11 is 0. The van der Waals surface area contributed by atoms with Crippen LogP contribution in [0, 0.1) is 23.0 Å². The third kappa shape index (κ3) is 3.63. The summed E-state index contributed by atoms with van der Waals surface area (Å²) in [6.07, 6.45) is 0. The second kappa shape index (κ2) is 6.14. The Morgan fingerprint density at radius 3 is 2.24 bits per heavy atom. The Kier molecular flexibility index (Phi) is 4.29. The fourth-order valence-corrected chi connectivity index (χ4v) is 1.89. The van der Waals surface area contributed by atoms with Crippen LogP contribution in [0.2, 0.25) is 0 Å². The number of benzene rings is 2. The first-order valence-electron chi connectivity index (χ1n) is 6.26. The average molecular weight is 286 g/mol. The number of nitrogens with one attached hydrogen (secondary N) is 1. The maximum atomic E-state index is 13.1. The zero-order valence-corrected chi connectivity index (χ0v) is 11.2. The molecule has 21 heavy (non-hydrogen) atoms. The molecule has 0 heterocycles. The highest BCUT2D eigenvalue weighted by Crippen LogP contribution is 2.15. The van der Waals surface area contributed by atoms with Crippen molar-refractivity contribution in [2.45, 2.75) is 13.0 Å². The summed E-state index contributed by atoms with van der Waals surface area (Å²) in [6, 6.07) is 11.0. The van der Waals surface area contributed by atoms with E-state index in [-0.39, 0.29) is 11.6 Å². The van der Waals surface area contributed by atoms with E-state index in [1.165, 1.54) is 0 Å². The van der Waals surface area contributed by atoms with E-state index >= 15 is 0 Å². The molecule has 0 fully saturated rings. The summed E-state index contributed by atoms with van der Waals surface area (Å²) in [6.45, 7) is 1.74. The topological polar surface area (TPSA) is 52.9 Å². The van der Waals surface area contributed by atoms with Gasteiger partial charge in [-0.25, -0.2) is 8.78 Å². The van der Waals surface area contributed by atoms with Gasteiger partial charge in [-0.15, -0.1) is 0 Å². The first-order chi connectivity index (χ1) is 9.99. The molecule has 0 bridgehead atoms. The van der Waals surface area contributed by atoms with E-state index in [1.807, 2.05) is 6.07 Å². The highest BCUT2D eigenvalue weighted by molar-refractivity contribution is 5.94. The maximum absolute atomic E-state index is 13.1. The van der Waals surface area contributed by atoms with E-state index < -0.39 is 17.5 Å². The van der Waals surface area contributed by atoms with Crippen molar-refractivity contribution in [2.75, 3.05) is 0 Å². The van der Waals surface area contributed by atoms with Crippen LogP contribution < -0.4 is 5.32 Å². The first kappa shape index (κ1) is 14.7. The predicted molar refractivity (Wildman–Crippen MR) is 73.4 cm³/mol. The minimum Gasteiger partial charge on any atom is -0.346 e. The maximum Gasteiger partial charge on any atom is 0.251 e. The van der Waals surface area contributed by atoms with Crippen LogP contribution in [0.25, 0.3) is 0 Å². The molecule has 1 N–H and O–H groups in total. The van der Waals surface area contributed by atoms with Crippen molar-refractivity contribution in [3.63, 3.8) is 0 Å². The van der Waals surface area contributed by atoms with Crippen LogP contribution in [0.3, 0.4) is 0 Å². The second-order valence-electron chi connectivity index (χ2n) is 4.59. The standard InChI is InChI=1S/C16H12F2N2O/c1-10(12-4-2-11(9-19)3-5-12)20-16(21)13-6-14(17)8-15(18)7-13/h2-8,10H,1H3,(H,20,21). The van der Waals surface area contributed by atoms with Crippen molar-refractivity contribution in [1.29, 1.82) is 5.26 Å². The van der Waals surface area contributed by atoms with Gasteiger partial charge < -0.3 is 5.32 Å². The van der Waals surface area contributed by atoms with E-state index in [1.54, 1.807) is 31.2 Å². The summed E-state index contributed by atoms with van der Waals surface area (Å²) in [5.74, 6) is -2.16. The van der Waals surface area contributed by atoms with Crippen molar-refractivity contribution in [2.24, 2.45) is 0 Å². The third-order valence-electron chi connectivity index (χ3n) is 3.01. The van der Waals surface area contributed by atoms with E-state index in [0.29, 0.717) is 11.6 Å². The number of hydrogen-bond donors (Lipinski definition) is 1. The van der Waals surface area contributed by atoms with E-state index in [9.17, 15) is 13.6 Å². The van der Waals surface area contributed by atoms with Crippen molar-refractivity contribution in [1.82, 2.24) is 5.32 Å². The Morgan fingerprint density at radius 1 is 1.14 bits per heavy atom. The van der Waals surface area contributed by atoms with Crippen LogP contribution in [0.1, 0.15) is 34.5 Å². The number of carbonyl (C=O) groups excluding carboxylic acids is 1. The quantitative estimate of drug-likeness (QED) is 0.941. The number of halogens is 2. The van der Waals surface area contributed by atoms with Crippen LogP contribution in [0.4, 0.5) is 8.78 Å². The monoisotopic (exact) mass is 286 g/mol. The Morgan fingerprint density at radius 2 is 1.71 bits per heavy atom. The smallest absolute Gasteiger partial charge is 0.251 e. The molecule has 0 aliphatic rings. The molecule has 0 saturated carbocycles. The zero-order chi connectivity index (χ0) is 15.4. The molecule has 2 rings (SSSR count). The Hall–Kier alpha value is -2.74. The van der Waals surface area contributed by atoms with Crippen LogP contribution >= 0.6 is 0 Å². The molecule has 5 heteroatoms. The van der Waals surface area contributed by atoms with Crippen LogP contribution in [0.15, 0.2) is 42.5 Å². The van der Waals surface area contributed by atoms with Gasteiger partial charge in [-0.1, -0.05) is 12.1 Å². The SMILES string of the molecule is CC(NC(=O)c1cc(F)cc(F)c1)c1ccc(C#N)cc1. The highest BCUT2D eigenvalue weighted by atomic mass is 19.1. The highest BCUT2D eigenvalue weighted by Gasteiger charge is 2.13. The Bertz CT molecular complexity index is 685. The van der Waals surface area contributed by atoms with Gasteiger partial charge in [0, 0.05) is 11.6 Å². The lowest BCUT2D eigenvalue weighted by Gasteiger charge is -2.14. The predicted octanol–water partition coefficient (Wildman–Crippen LogP) is 3.33. The van der Waals surface area contributed by atoms with Crippen LogP contribution in [-0.4, -0.2) is 5.91 Å². The van der Waals surface area contributed by atoms with Gasteiger partial charge >= 0.3 is 0 Å². The minimum atomic E-state index is -0.800. The molecule has 2 aromatic carbocycles. The number of nitrogens with zero attached hydrogens (tertiary/aromatic N) is 1. The van der Waals surface area contributed by atoms with Gasteiger partial charge in [0.2, 0.25) is 0 Å². The Labute approximate surface area is 120 Å². The average Bonchev–Trinajstić information content (AvgIpc) is 2.46. The van der Waals surface area contributed by atoms with Gasteiger partial charge in [0.1, 0.15) is 11.6 Å². The fraction of sp³-hybridized carbons (Fsp3) is 0.125. The van der Waals surface area contributed by atoms with Gasteiger partial charge in [0.25, 0.3) is 5.91 Å². The molecule has 0 saturated heterocycles. The molecular formula is C16H12F2N2O. The second-order valence-corrected chi connectivity index (χ2v) is 4.59. The molecule has 106 valence electrons. The number of amides is 1. The number of hydrogen-bond acceptors (Lipinski definition) is 2. The number of nitriles is 1. The largest absolute Gasteiger partial charge is 0.346 e. The van der Waals surface area contributed by atoms with Crippen LogP contribution in [-0.2, 0) is 0 Å². The molecule has 0 aromatic heterocycles. The molecule has 0 spiro atoms. The van der Waals surface area contributed by atoms with Gasteiger partial charge in [-0.05, 0) is 36.8 Å². The lowest BCUT2D eigenvalue weighted by atomic mass is 10.1. The van der Waals surface area contributed by atoms with Gasteiger partial charge in [0.05, 0.1) is 17.7 Å². The normalized spacial score (nSPS) is 11.5. The number of carbonyl (C=O) groups is 1. The van der Waals surface area contributed by atoms with Gasteiger partial charge in [-0.2, -0.15) is 5.26 Å². The van der Waals surface area contributed by atoms with E-state index in [0.717, 1.165) is 17.7 Å². The first-order valence-corrected chi connectivity index (χ1v) is 6.26. The Balaban J connectivity index is 2.12. The molecule has 0 aliphatic heterocycles. The minimum absolute atomic E-state index is 0.0759. The summed E-state index contributed by atoms with van der Waals surface area (Å²) in [7, 11) is 0. The van der Waals surface area contributed by atoms with Gasteiger partial charge in [0.15, 0.2) is 0 Å². The summed E-state index contributed by atoms with van der Waals surface area (Å²) < 4.78 is 26.2. The molecule has 0 radical (unpaired) electrons. The fourth-order valence-electron chi connectivity index (χ4n) is 1.89. The van der Waals surface area contributed by atoms with Crippen LogP contribution in [0.5, 0.6) is 0 Å². The molecule has 1 amide bonds. The van der Waals surface area contributed by atoms with E-state index in [2.05, 4.69) is 5.32 Å². The molecule has 1 unspecified atom stereocenters.